The molecule has 0 aromatic heterocycles. The van der Waals surface area contributed by atoms with Crippen molar-refractivity contribution in [3.05, 3.63) is 29.6 Å². The lowest BCUT2D eigenvalue weighted by atomic mass is 9.99. The fourth-order valence-corrected chi connectivity index (χ4v) is 2.60. The van der Waals surface area contributed by atoms with E-state index in [4.69, 9.17) is 4.74 Å². The van der Waals surface area contributed by atoms with E-state index in [0.717, 1.165) is 13.0 Å². The normalized spacial score (nSPS) is 21.7. The highest BCUT2D eigenvalue weighted by molar-refractivity contribution is 5.30. The van der Waals surface area contributed by atoms with E-state index in [1.54, 1.807) is 12.1 Å². The summed E-state index contributed by atoms with van der Waals surface area (Å²) in [6.45, 7) is 1.01. The molecule has 0 bridgehead atoms. The molecule has 1 heterocycles. The second-order valence-corrected chi connectivity index (χ2v) is 5.15. The molecular formula is C15H22FNO2. The molecule has 2 rings (SSSR count). The Morgan fingerprint density at radius 2 is 2.26 bits per heavy atom. The molecule has 19 heavy (non-hydrogen) atoms. The molecule has 1 aromatic rings. The maximum absolute atomic E-state index is 13.6. The second kappa shape index (κ2) is 6.87. The summed E-state index contributed by atoms with van der Waals surface area (Å²) in [5, 5.41) is 13.6. The Kier molecular flexibility index (Phi) is 5.16. The van der Waals surface area contributed by atoms with Gasteiger partial charge in [0.25, 0.3) is 0 Å². The summed E-state index contributed by atoms with van der Waals surface area (Å²) in [5.74, 6) is -0.212. The summed E-state index contributed by atoms with van der Waals surface area (Å²) in [4.78, 5) is 0. The van der Waals surface area contributed by atoms with Crippen LogP contribution in [0.5, 0.6) is 5.75 Å². The van der Waals surface area contributed by atoms with Gasteiger partial charge in [0.15, 0.2) is 11.6 Å². The zero-order chi connectivity index (χ0) is 13.7. The minimum absolute atomic E-state index is 0.212. The molecule has 1 saturated heterocycles. The molecule has 1 aliphatic heterocycles. The van der Waals surface area contributed by atoms with Gasteiger partial charge in [0.2, 0.25) is 0 Å². The van der Waals surface area contributed by atoms with Crippen LogP contribution in [-0.2, 0) is 0 Å². The molecule has 0 amide bonds. The van der Waals surface area contributed by atoms with Crippen molar-refractivity contribution in [3.63, 3.8) is 0 Å². The van der Waals surface area contributed by atoms with Gasteiger partial charge in [-0.1, -0.05) is 18.9 Å². The Bertz CT molecular complexity index is 403. The van der Waals surface area contributed by atoms with Gasteiger partial charge in [0.05, 0.1) is 13.2 Å². The smallest absolute Gasteiger partial charge is 0.165 e. The van der Waals surface area contributed by atoms with Gasteiger partial charge in [-0.3, -0.25) is 0 Å². The molecular weight excluding hydrogens is 245 g/mol. The third-order valence-corrected chi connectivity index (χ3v) is 3.73. The summed E-state index contributed by atoms with van der Waals surface area (Å²) in [5.41, 5.74) is 0.615. The number of ether oxygens (including phenoxy) is 1. The number of aliphatic hydroxyl groups excluding tert-OH is 1. The van der Waals surface area contributed by atoms with E-state index in [1.807, 2.05) is 0 Å². The maximum atomic E-state index is 13.6. The lowest BCUT2D eigenvalue weighted by molar-refractivity contribution is 0.150. The lowest BCUT2D eigenvalue weighted by Crippen LogP contribution is -2.29. The van der Waals surface area contributed by atoms with Gasteiger partial charge in [0, 0.05) is 6.04 Å². The molecule has 4 heteroatoms. The Hall–Kier alpha value is -1.13. The van der Waals surface area contributed by atoms with Gasteiger partial charge in [-0.25, -0.2) is 4.39 Å². The van der Waals surface area contributed by atoms with E-state index in [2.05, 4.69) is 5.32 Å². The molecule has 106 valence electrons. The van der Waals surface area contributed by atoms with Crippen LogP contribution in [0.1, 0.15) is 43.8 Å². The zero-order valence-corrected chi connectivity index (χ0v) is 11.4. The van der Waals surface area contributed by atoms with Crippen LogP contribution in [0.4, 0.5) is 4.39 Å². The minimum atomic E-state index is -0.629. The van der Waals surface area contributed by atoms with Crippen LogP contribution < -0.4 is 10.1 Å². The van der Waals surface area contributed by atoms with Crippen molar-refractivity contribution in [1.29, 1.82) is 0 Å². The van der Waals surface area contributed by atoms with E-state index in [0.29, 0.717) is 18.0 Å². The number of hydrogen-bond acceptors (Lipinski definition) is 3. The van der Waals surface area contributed by atoms with Gasteiger partial charge < -0.3 is 15.2 Å². The van der Waals surface area contributed by atoms with Crippen LogP contribution in [0.25, 0.3) is 0 Å². The van der Waals surface area contributed by atoms with E-state index in [1.165, 1.54) is 32.4 Å². The van der Waals surface area contributed by atoms with Gasteiger partial charge in [-0.05, 0) is 43.5 Å². The number of aliphatic hydroxyl groups is 1. The quantitative estimate of drug-likeness (QED) is 0.881. The highest BCUT2D eigenvalue weighted by atomic mass is 19.1. The first-order chi connectivity index (χ1) is 9.20. The molecule has 3 nitrogen and oxygen atoms in total. The first-order valence-corrected chi connectivity index (χ1v) is 6.95. The van der Waals surface area contributed by atoms with Crippen molar-refractivity contribution >= 4 is 0 Å². The molecule has 2 atom stereocenters. The standard InChI is InChI=1S/C15H22FNO2/c1-19-15-7-6-11(9-13(15)16)14(18)10-12-5-3-2-4-8-17-12/h6-7,9,12,14,17-18H,2-5,8,10H2,1H3. The third kappa shape index (κ3) is 3.91. The van der Waals surface area contributed by atoms with E-state index < -0.39 is 11.9 Å². The molecule has 0 radical (unpaired) electrons. The first-order valence-electron chi connectivity index (χ1n) is 6.95. The number of methoxy groups -OCH3 is 1. The van der Waals surface area contributed by atoms with Crippen molar-refractivity contribution in [2.75, 3.05) is 13.7 Å². The number of hydrogen-bond donors (Lipinski definition) is 2. The topological polar surface area (TPSA) is 41.5 Å². The summed E-state index contributed by atoms with van der Waals surface area (Å²) < 4.78 is 18.5. The summed E-state index contributed by atoms with van der Waals surface area (Å²) >= 11 is 0. The zero-order valence-electron chi connectivity index (χ0n) is 11.4. The Morgan fingerprint density at radius 3 is 3.00 bits per heavy atom. The molecule has 2 unspecified atom stereocenters. The van der Waals surface area contributed by atoms with Gasteiger partial charge in [-0.15, -0.1) is 0 Å². The minimum Gasteiger partial charge on any atom is -0.494 e. The van der Waals surface area contributed by atoms with Crippen LogP contribution in [0, 0.1) is 5.82 Å². The average Bonchev–Trinajstić information content (AvgIpc) is 2.67. The summed E-state index contributed by atoms with van der Waals surface area (Å²) in [6.07, 6.45) is 4.72. The van der Waals surface area contributed by atoms with Crippen LogP contribution in [0.15, 0.2) is 18.2 Å². The molecule has 0 saturated carbocycles. The Labute approximate surface area is 113 Å². The van der Waals surface area contributed by atoms with Crippen LogP contribution in [0.3, 0.4) is 0 Å². The summed E-state index contributed by atoms with van der Waals surface area (Å²) in [7, 11) is 1.43. The Balaban J connectivity index is 1.98. The maximum Gasteiger partial charge on any atom is 0.165 e. The number of nitrogens with one attached hydrogen (secondary N) is 1. The molecule has 0 aliphatic carbocycles. The molecule has 0 spiro atoms. The molecule has 1 aromatic carbocycles. The third-order valence-electron chi connectivity index (χ3n) is 3.73. The first kappa shape index (κ1) is 14.3. The van der Waals surface area contributed by atoms with Crippen LogP contribution in [0.2, 0.25) is 0 Å². The average molecular weight is 267 g/mol. The lowest BCUT2D eigenvalue weighted by Gasteiger charge is -2.20. The summed E-state index contributed by atoms with van der Waals surface area (Å²) in [6, 6.07) is 4.97. The Morgan fingerprint density at radius 1 is 1.42 bits per heavy atom. The van der Waals surface area contributed by atoms with Crippen molar-refractivity contribution in [1.82, 2.24) is 5.32 Å². The largest absolute Gasteiger partial charge is 0.494 e. The van der Waals surface area contributed by atoms with Crippen molar-refractivity contribution in [3.8, 4) is 5.75 Å². The fraction of sp³-hybridized carbons (Fsp3) is 0.600. The number of halogens is 1. The molecule has 1 fully saturated rings. The second-order valence-electron chi connectivity index (χ2n) is 5.15. The van der Waals surface area contributed by atoms with Crippen molar-refractivity contribution in [2.24, 2.45) is 0 Å². The van der Waals surface area contributed by atoms with Crippen molar-refractivity contribution < 1.29 is 14.2 Å². The van der Waals surface area contributed by atoms with E-state index in [-0.39, 0.29) is 5.75 Å². The molecule has 1 aliphatic rings. The number of benzene rings is 1. The molecule has 2 N–H and O–H groups in total. The van der Waals surface area contributed by atoms with Crippen LogP contribution >= 0.6 is 0 Å². The van der Waals surface area contributed by atoms with Crippen LogP contribution in [-0.4, -0.2) is 24.8 Å². The van der Waals surface area contributed by atoms with Crippen molar-refractivity contribution in [2.45, 2.75) is 44.2 Å². The predicted molar refractivity (Wildman–Crippen MR) is 72.8 cm³/mol. The fourth-order valence-electron chi connectivity index (χ4n) is 2.60. The monoisotopic (exact) mass is 267 g/mol. The highest BCUT2D eigenvalue weighted by Crippen LogP contribution is 2.26. The van der Waals surface area contributed by atoms with Gasteiger partial charge in [0.1, 0.15) is 0 Å². The van der Waals surface area contributed by atoms with E-state index >= 15 is 0 Å². The predicted octanol–water partition coefficient (Wildman–Crippen LogP) is 2.79. The van der Waals surface area contributed by atoms with Gasteiger partial charge >= 0.3 is 0 Å². The highest BCUT2D eigenvalue weighted by Gasteiger charge is 2.18. The number of rotatable bonds is 4. The van der Waals surface area contributed by atoms with E-state index in [9.17, 15) is 9.50 Å². The SMILES string of the molecule is COc1ccc(C(O)CC2CCCCCN2)cc1F. The van der Waals surface area contributed by atoms with Gasteiger partial charge in [-0.2, -0.15) is 0 Å².